The van der Waals surface area contributed by atoms with Gasteiger partial charge in [0.05, 0.1) is 0 Å². The molecule has 0 fully saturated rings. The predicted octanol–water partition coefficient (Wildman–Crippen LogP) is 3.97. The highest BCUT2D eigenvalue weighted by molar-refractivity contribution is 5.86. The quantitative estimate of drug-likeness (QED) is 0.592. The van der Waals surface area contributed by atoms with Crippen LogP contribution in [0.25, 0.3) is 16.8 Å². The maximum absolute atomic E-state index is 4.01. The van der Waals surface area contributed by atoms with Gasteiger partial charge in [-0.15, -0.1) is 0 Å². The Morgan fingerprint density at radius 2 is 1.67 bits per heavy atom. The van der Waals surface area contributed by atoms with Gasteiger partial charge in [-0.25, -0.2) is 0 Å². The summed E-state index contributed by atoms with van der Waals surface area (Å²) in [7, 11) is 0. The van der Waals surface area contributed by atoms with Gasteiger partial charge in [0.2, 0.25) is 0 Å². The van der Waals surface area contributed by atoms with E-state index in [-0.39, 0.29) is 0 Å². The Bertz CT molecular complexity index is 574. The van der Waals surface area contributed by atoms with E-state index in [9.17, 15) is 0 Å². The summed E-state index contributed by atoms with van der Waals surface area (Å²) >= 11 is 0. The maximum atomic E-state index is 4.01. The van der Waals surface area contributed by atoms with Crippen LogP contribution >= 0.6 is 0 Å². The van der Waals surface area contributed by atoms with E-state index in [1.54, 1.807) is 0 Å². The van der Waals surface area contributed by atoms with E-state index in [0.29, 0.717) is 0 Å². The van der Waals surface area contributed by atoms with Gasteiger partial charge < -0.3 is 0 Å². The summed E-state index contributed by atoms with van der Waals surface area (Å²) in [4.78, 5) is 0. The topological polar surface area (TPSA) is 0 Å². The predicted molar refractivity (Wildman–Crippen MR) is 65.8 cm³/mol. The molecular formula is C15H12. The van der Waals surface area contributed by atoms with Crippen molar-refractivity contribution in [2.24, 2.45) is 0 Å². The average Bonchev–Trinajstić information content (AvgIpc) is 2.26. The van der Waals surface area contributed by atoms with Crippen molar-refractivity contribution in [1.29, 1.82) is 0 Å². The minimum absolute atomic E-state index is 0.983. The fourth-order valence-corrected chi connectivity index (χ4v) is 2.12. The number of fused-ring (bicyclic) bond motifs is 2. The van der Waals surface area contributed by atoms with Crippen LogP contribution in [0.1, 0.15) is 11.1 Å². The smallest absolute Gasteiger partial charge is 0.00255 e. The second kappa shape index (κ2) is 3.09. The fourth-order valence-electron chi connectivity index (χ4n) is 2.12. The highest BCUT2D eigenvalue weighted by atomic mass is 14.1. The van der Waals surface area contributed by atoms with Gasteiger partial charge >= 0.3 is 0 Å². The van der Waals surface area contributed by atoms with Crippen LogP contribution in [0, 0.1) is 0 Å². The minimum Gasteiger partial charge on any atom is -0.0955 e. The van der Waals surface area contributed by atoms with Crippen molar-refractivity contribution in [3.8, 4) is 0 Å². The van der Waals surface area contributed by atoms with Crippen LogP contribution in [-0.4, -0.2) is 0 Å². The highest BCUT2D eigenvalue weighted by Crippen LogP contribution is 2.26. The molecule has 1 aliphatic carbocycles. The van der Waals surface area contributed by atoms with Crippen LogP contribution in [0.2, 0.25) is 0 Å². The van der Waals surface area contributed by atoms with Crippen molar-refractivity contribution in [2.75, 3.05) is 0 Å². The first-order chi connectivity index (χ1) is 7.33. The van der Waals surface area contributed by atoms with Gasteiger partial charge in [0.1, 0.15) is 0 Å². The van der Waals surface area contributed by atoms with E-state index < -0.39 is 0 Å². The molecule has 3 rings (SSSR count). The standard InChI is InChI=1S/C15H12/c1-11-6-7-14-9-12-4-2-3-5-13(12)10-15(14)8-11/h2-7,9-10H,1,8H2. The highest BCUT2D eigenvalue weighted by Gasteiger charge is 2.07. The van der Waals surface area contributed by atoms with Gasteiger partial charge in [0, 0.05) is 0 Å². The lowest BCUT2D eigenvalue weighted by Gasteiger charge is -2.13. The molecule has 0 unspecified atom stereocenters. The van der Waals surface area contributed by atoms with Crippen LogP contribution < -0.4 is 0 Å². The third-order valence-corrected chi connectivity index (χ3v) is 2.92. The lowest BCUT2D eigenvalue weighted by atomic mass is 9.92. The lowest BCUT2D eigenvalue weighted by molar-refractivity contribution is 1.19. The number of hydrogen-bond donors (Lipinski definition) is 0. The van der Waals surface area contributed by atoms with Crippen molar-refractivity contribution in [3.63, 3.8) is 0 Å². The first-order valence-electron chi connectivity index (χ1n) is 5.20. The van der Waals surface area contributed by atoms with Crippen molar-refractivity contribution in [2.45, 2.75) is 6.42 Å². The fraction of sp³-hybridized carbons (Fsp3) is 0.0667. The maximum Gasteiger partial charge on any atom is -0.00255 e. The third-order valence-electron chi connectivity index (χ3n) is 2.92. The van der Waals surface area contributed by atoms with Crippen molar-refractivity contribution < 1.29 is 0 Å². The van der Waals surface area contributed by atoms with Crippen LogP contribution in [0.15, 0.2) is 54.6 Å². The molecular weight excluding hydrogens is 180 g/mol. The summed E-state index contributed by atoms with van der Waals surface area (Å²) < 4.78 is 0. The number of rotatable bonds is 0. The Kier molecular flexibility index (Phi) is 1.75. The molecule has 0 nitrogen and oxygen atoms in total. The van der Waals surface area contributed by atoms with Gasteiger partial charge in [0.25, 0.3) is 0 Å². The van der Waals surface area contributed by atoms with E-state index in [4.69, 9.17) is 0 Å². The van der Waals surface area contributed by atoms with Crippen molar-refractivity contribution in [1.82, 2.24) is 0 Å². The van der Waals surface area contributed by atoms with E-state index in [2.05, 4.69) is 55.1 Å². The molecule has 0 heteroatoms. The molecule has 0 radical (unpaired) electrons. The molecule has 0 heterocycles. The summed E-state index contributed by atoms with van der Waals surface area (Å²) in [5.74, 6) is 0. The monoisotopic (exact) mass is 192 g/mol. The first kappa shape index (κ1) is 8.49. The zero-order valence-corrected chi connectivity index (χ0v) is 8.53. The third kappa shape index (κ3) is 1.39. The average molecular weight is 192 g/mol. The largest absolute Gasteiger partial charge is 0.0955 e. The number of hydrogen-bond acceptors (Lipinski definition) is 0. The molecule has 0 atom stereocenters. The Hall–Kier alpha value is -1.82. The molecule has 0 saturated heterocycles. The molecule has 2 aromatic carbocycles. The Balaban J connectivity index is 2.31. The zero-order chi connectivity index (χ0) is 10.3. The molecule has 15 heavy (non-hydrogen) atoms. The second-order valence-corrected chi connectivity index (χ2v) is 4.07. The molecule has 2 aromatic rings. The summed E-state index contributed by atoms with van der Waals surface area (Å²) in [6, 6.07) is 13.0. The molecule has 0 bridgehead atoms. The van der Waals surface area contributed by atoms with Gasteiger partial charge in [-0.1, -0.05) is 54.6 Å². The molecule has 0 aromatic heterocycles. The second-order valence-electron chi connectivity index (χ2n) is 4.07. The normalized spacial score (nSPS) is 14.3. The molecule has 0 aliphatic heterocycles. The molecule has 72 valence electrons. The lowest BCUT2D eigenvalue weighted by Crippen LogP contribution is -1.96. The van der Waals surface area contributed by atoms with E-state index >= 15 is 0 Å². The number of benzene rings is 2. The molecule has 0 spiro atoms. The van der Waals surface area contributed by atoms with Gasteiger partial charge in [0.15, 0.2) is 0 Å². The van der Waals surface area contributed by atoms with E-state index in [0.717, 1.165) is 6.42 Å². The van der Waals surface area contributed by atoms with Crippen molar-refractivity contribution >= 4 is 16.8 Å². The Labute approximate surface area is 89.6 Å². The van der Waals surface area contributed by atoms with E-state index in [1.165, 1.54) is 27.5 Å². The van der Waals surface area contributed by atoms with Gasteiger partial charge in [-0.05, 0) is 34.4 Å². The molecule has 0 N–H and O–H groups in total. The Morgan fingerprint density at radius 3 is 2.47 bits per heavy atom. The van der Waals surface area contributed by atoms with E-state index in [1.807, 2.05) is 0 Å². The molecule has 0 amide bonds. The van der Waals surface area contributed by atoms with Crippen molar-refractivity contribution in [3.05, 3.63) is 65.8 Å². The first-order valence-corrected chi connectivity index (χ1v) is 5.20. The van der Waals surface area contributed by atoms with Crippen LogP contribution in [0.5, 0.6) is 0 Å². The molecule has 1 aliphatic rings. The van der Waals surface area contributed by atoms with Crippen LogP contribution in [0.3, 0.4) is 0 Å². The summed E-state index contributed by atoms with van der Waals surface area (Å²) in [5.41, 5.74) is 3.92. The summed E-state index contributed by atoms with van der Waals surface area (Å²) in [5, 5.41) is 2.63. The SMILES string of the molecule is C=C1C=Cc2cc3ccccc3cc2C1. The number of allylic oxidation sites excluding steroid dienone is 2. The zero-order valence-electron chi connectivity index (χ0n) is 8.53. The van der Waals surface area contributed by atoms with Crippen LogP contribution in [-0.2, 0) is 6.42 Å². The van der Waals surface area contributed by atoms with Gasteiger partial charge in [-0.3, -0.25) is 0 Å². The Morgan fingerprint density at radius 1 is 0.933 bits per heavy atom. The minimum atomic E-state index is 0.983. The van der Waals surface area contributed by atoms with Crippen LogP contribution in [0.4, 0.5) is 0 Å². The summed E-state index contributed by atoms with van der Waals surface area (Å²) in [6.45, 7) is 4.01. The summed E-state index contributed by atoms with van der Waals surface area (Å²) in [6.07, 6.45) is 5.25. The van der Waals surface area contributed by atoms with Gasteiger partial charge in [-0.2, -0.15) is 0 Å². The molecule has 0 saturated carbocycles.